The fourth-order valence-electron chi connectivity index (χ4n) is 13.6. The van der Waals surface area contributed by atoms with Crippen LogP contribution in [-0.2, 0) is 21.3 Å². The highest BCUT2D eigenvalue weighted by Crippen LogP contribution is 2.54. The summed E-state index contributed by atoms with van der Waals surface area (Å²) in [5.41, 5.74) is 5.73. The van der Waals surface area contributed by atoms with Gasteiger partial charge >= 0.3 is 0 Å². The first kappa shape index (κ1) is 54.5. The minimum atomic E-state index is -4.64. The first-order valence-corrected chi connectivity index (χ1v) is 29.9. The predicted molar refractivity (Wildman–Crippen MR) is 307 cm³/mol. The van der Waals surface area contributed by atoms with Crippen molar-refractivity contribution in [2.75, 3.05) is 81.8 Å². The van der Waals surface area contributed by atoms with Crippen molar-refractivity contribution >= 4 is 55.4 Å². The Labute approximate surface area is 472 Å². The summed E-state index contributed by atoms with van der Waals surface area (Å²) in [7, 11) is -1.40. The molecule has 2 saturated carbocycles. The van der Waals surface area contributed by atoms with Crippen molar-refractivity contribution in [3.05, 3.63) is 124 Å². The molecule has 3 atom stereocenters. The number of aromatic amines is 1. The molecule has 2 aliphatic carbocycles. The van der Waals surface area contributed by atoms with Crippen LogP contribution in [-0.4, -0.2) is 140 Å². The molecule has 0 bridgehead atoms. The van der Waals surface area contributed by atoms with Crippen molar-refractivity contribution in [2.24, 2.45) is 11.3 Å². The lowest BCUT2D eigenvalue weighted by Crippen LogP contribution is -2.59. The van der Waals surface area contributed by atoms with Crippen molar-refractivity contribution in [2.45, 2.75) is 113 Å². The summed E-state index contributed by atoms with van der Waals surface area (Å²) in [5, 5.41) is 26.8. The predicted octanol–water partition coefficient (Wildman–Crippen LogP) is 8.66. The number of benzene rings is 3. The number of methoxy groups -OCH3 is 2. The second-order valence-electron chi connectivity index (χ2n) is 23.5. The Balaban J connectivity index is 0.790. The molecular weight excluding hydrogens is 1050 g/mol. The molecule has 21 heteroatoms. The minimum absolute atomic E-state index is 0.104. The number of ether oxygens (including phenoxy) is 4. The number of aromatic nitrogens is 3. The van der Waals surface area contributed by atoms with Gasteiger partial charge in [-0.3, -0.25) is 24.7 Å². The van der Waals surface area contributed by atoms with Crippen LogP contribution in [0.3, 0.4) is 0 Å². The number of hydrogen-bond donors (Lipinski definition) is 4. The maximum absolute atomic E-state index is 14.8. The lowest BCUT2D eigenvalue weighted by atomic mass is 9.59. The molecule has 3 aromatic heterocycles. The smallest absolute Gasteiger partial charge is 0.293 e. The van der Waals surface area contributed by atoms with Gasteiger partial charge < -0.3 is 44.2 Å². The van der Waals surface area contributed by atoms with Crippen LogP contribution in [0.5, 0.6) is 17.5 Å². The van der Waals surface area contributed by atoms with E-state index in [0.29, 0.717) is 79.6 Å². The molecule has 6 aromatic rings. The molecule has 4 aliphatic heterocycles. The highest BCUT2D eigenvalue weighted by molar-refractivity contribution is 7.90. The summed E-state index contributed by atoms with van der Waals surface area (Å²) in [6, 6.07) is 24.3. The summed E-state index contributed by atoms with van der Waals surface area (Å²) >= 11 is 0. The molecule has 0 radical (unpaired) electrons. The SMILES string of the molecule is COc1cc(CN2CCN(C3CC4(CCN(c5ccc(C(=O)NS(=O)(=O)c6ccc(NCC7CCC(C)(O)CC7)c([N+](=O)[O-])c6)c(N6c7cc8cc[nH]c8nc7O[C@H]7COCC[C@@H]76)c5)CC4)C3)[C@@H](c3ccccc3C)C2)cnc1OC. The topological polar surface area (TPSA) is 230 Å². The molecule has 1 spiro atoms. The summed E-state index contributed by atoms with van der Waals surface area (Å²) in [5.74, 6) is 0.766. The molecule has 6 aliphatic rings. The van der Waals surface area contributed by atoms with E-state index in [1.165, 1.54) is 23.3 Å². The van der Waals surface area contributed by atoms with Crippen LogP contribution in [0.2, 0.25) is 0 Å². The van der Waals surface area contributed by atoms with Crippen LogP contribution in [0.4, 0.5) is 28.4 Å². The number of sulfonamides is 1. The number of piperazine rings is 1. The number of H-pyrrole nitrogens is 1. The van der Waals surface area contributed by atoms with E-state index in [9.17, 15) is 28.4 Å². The second-order valence-corrected chi connectivity index (χ2v) is 25.2. The van der Waals surface area contributed by atoms with Crippen molar-refractivity contribution in [1.82, 2.24) is 29.5 Å². The van der Waals surface area contributed by atoms with E-state index in [-0.39, 0.29) is 34.7 Å². The number of aliphatic hydroxyl groups is 1. The molecule has 0 unspecified atom stereocenters. The van der Waals surface area contributed by atoms with Crippen LogP contribution in [0.15, 0.2) is 96.2 Å². The number of nitro groups is 1. The van der Waals surface area contributed by atoms with E-state index < -0.39 is 43.1 Å². The first-order valence-electron chi connectivity index (χ1n) is 28.4. The normalized spacial score (nSPS) is 24.2. The lowest BCUT2D eigenvalue weighted by Gasteiger charge is -2.58. The van der Waals surface area contributed by atoms with Gasteiger partial charge in [0.15, 0.2) is 5.75 Å². The van der Waals surface area contributed by atoms with Crippen molar-refractivity contribution in [1.29, 1.82) is 0 Å². The fraction of sp³-hybridized carbons (Fsp3) is 0.483. The van der Waals surface area contributed by atoms with Crippen LogP contribution in [0, 0.1) is 28.4 Å². The Morgan fingerprint density at radius 2 is 1.75 bits per heavy atom. The summed E-state index contributed by atoms with van der Waals surface area (Å²) in [4.78, 5) is 48.5. The number of pyridine rings is 2. The third kappa shape index (κ3) is 11.0. The number of amides is 1. The largest absolute Gasteiger partial charge is 0.491 e. The van der Waals surface area contributed by atoms with Gasteiger partial charge in [-0.25, -0.2) is 18.1 Å². The first-order chi connectivity index (χ1) is 39.1. The Hall–Kier alpha value is -7.04. The molecule has 1 amide bonds. The van der Waals surface area contributed by atoms with E-state index >= 15 is 0 Å². The fourth-order valence-corrected chi connectivity index (χ4v) is 14.6. The summed E-state index contributed by atoms with van der Waals surface area (Å²) in [6.45, 7) is 10.4. The highest BCUT2D eigenvalue weighted by atomic mass is 32.2. The number of fused-ring (bicyclic) bond motifs is 3. The Bertz CT molecular complexity index is 3440. The summed E-state index contributed by atoms with van der Waals surface area (Å²) < 4.78 is 54.3. The number of piperidine rings is 1. The average molecular weight is 1130 g/mol. The average Bonchev–Trinajstić information content (AvgIpc) is 3.93. The van der Waals surface area contributed by atoms with Gasteiger partial charge in [-0.1, -0.05) is 24.3 Å². The van der Waals surface area contributed by atoms with Crippen molar-refractivity contribution in [3.63, 3.8) is 0 Å². The Morgan fingerprint density at radius 3 is 2.52 bits per heavy atom. The monoisotopic (exact) mass is 1120 g/mol. The molecule has 81 heavy (non-hydrogen) atoms. The molecular formula is C60H72N10O10S. The molecule has 5 fully saturated rings. The number of nitro benzene ring substituents is 1. The third-order valence-corrected chi connectivity index (χ3v) is 19.6. The zero-order valence-corrected chi connectivity index (χ0v) is 47.3. The van der Waals surface area contributed by atoms with Gasteiger partial charge in [-0.05, 0) is 148 Å². The van der Waals surface area contributed by atoms with Crippen LogP contribution in [0.25, 0.3) is 11.0 Å². The molecule has 3 aromatic carbocycles. The molecule has 20 nitrogen and oxygen atoms in total. The molecule has 3 saturated heterocycles. The van der Waals surface area contributed by atoms with Gasteiger partial charge in [-0.2, -0.15) is 4.98 Å². The second kappa shape index (κ2) is 22.0. The number of carbonyl (C=O) groups is 1. The number of hydrogen-bond acceptors (Lipinski definition) is 17. The van der Waals surface area contributed by atoms with E-state index in [1.807, 2.05) is 43.5 Å². The zero-order chi connectivity index (χ0) is 56.2. The van der Waals surface area contributed by atoms with Gasteiger partial charge in [0, 0.05) is 94.0 Å². The van der Waals surface area contributed by atoms with Gasteiger partial charge in [-0.15, -0.1) is 0 Å². The molecule has 4 N–H and O–H groups in total. The molecule has 428 valence electrons. The number of rotatable bonds is 15. The Morgan fingerprint density at radius 1 is 0.951 bits per heavy atom. The van der Waals surface area contributed by atoms with Crippen LogP contribution < -0.4 is 34.0 Å². The Kier molecular flexibility index (Phi) is 14.8. The highest BCUT2D eigenvalue weighted by Gasteiger charge is 2.50. The number of nitrogens with zero attached hydrogens (tertiary/aromatic N) is 7. The summed E-state index contributed by atoms with van der Waals surface area (Å²) in [6.07, 6.45) is 10.8. The lowest BCUT2D eigenvalue weighted by molar-refractivity contribution is -0.384. The zero-order valence-electron chi connectivity index (χ0n) is 46.4. The van der Waals surface area contributed by atoms with E-state index in [4.69, 9.17) is 23.9 Å². The molecule has 7 heterocycles. The van der Waals surface area contributed by atoms with Gasteiger partial charge in [0.1, 0.15) is 23.1 Å². The molecule has 12 rings (SSSR count). The number of nitrogens with one attached hydrogen (secondary N) is 3. The minimum Gasteiger partial charge on any atom is -0.491 e. The van der Waals surface area contributed by atoms with Gasteiger partial charge in [0.2, 0.25) is 5.88 Å². The van der Waals surface area contributed by atoms with Crippen molar-refractivity contribution in [3.8, 4) is 17.5 Å². The van der Waals surface area contributed by atoms with E-state index in [1.54, 1.807) is 26.5 Å². The van der Waals surface area contributed by atoms with Crippen molar-refractivity contribution < 1.29 is 42.2 Å². The maximum Gasteiger partial charge on any atom is 0.293 e. The number of carbonyl (C=O) groups excluding carboxylic acids is 1. The van der Waals surface area contributed by atoms with E-state index in [2.05, 4.69) is 70.8 Å². The third-order valence-electron chi connectivity index (χ3n) is 18.3. The van der Waals surface area contributed by atoms with Gasteiger partial charge in [0.05, 0.1) is 53.5 Å². The van der Waals surface area contributed by atoms with Crippen LogP contribution >= 0.6 is 0 Å². The number of anilines is 4. The van der Waals surface area contributed by atoms with E-state index in [0.717, 1.165) is 100 Å². The quantitative estimate of drug-likeness (QED) is 0.0557. The standard InChI is InChI=1S/C60H72N10O10S/c1-38-7-5-6-8-45(38)52-36-66(35-40-27-53(77-3)58(78-4)63-34-40)24-25-68(52)43-31-60(32-43)19-22-67(23-20-60)42-9-11-46(49(29-42)69-48-16-26-79-37-54(48)80-57-51(69)28-41-15-21-61-55(41)64-57)56(71)65-81(75,76)44-10-12-47(50(30-44)70(73)74)62-33-39-13-17-59(2,72)18-14-39/h5-12,15,21,27-30,34,39,43,48,52,54,62,72H,13-14,16-20,22-26,31-33,35-37H2,1-4H3,(H,61,64)(H,65,71)/t39?,48-,52+,54-,59?/m0/s1. The number of aryl methyl sites for hydroxylation is 1. The maximum atomic E-state index is 14.8. The van der Waals surface area contributed by atoms with Gasteiger partial charge in [0.25, 0.3) is 27.5 Å². The van der Waals surface area contributed by atoms with Crippen LogP contribution in [0.1, 0.15) is 97.8 Å².